The van der Waals surface area contributed by atoms with Gasteiger partial charge in [-0.3, -0.25) is 4.90 Å². The van der Waals surface area contributed by atoms with Crippen LogP contribution in [0.5, 0.6) is 0 Å². The Balaban J connectivity index is 2.30. The van der Waals surface area contributed by atoms with Crippen LogP contribution in [0.3, 0.4) is 0 Å². The van der Waals surface area contributed by atoms with Crippen LogP contribution < -0.4 is 5.73 Å². The van der Waals surface area contributed by atoms with Gasteiger partial charge < -0.3 is 5.73 Å². The molecule has 0 aromatic carbocycles. The molecule has 1 saturated carbocycles. The van der Waals surface area contributed by atoms with Gasteiger partial charge in [0.25, 0.3) is 0 Å². The number of nitrogens with two attached hydrogens (primary N) is 1. The Labute approximate surface area is 119 Å². The van der Waals surface area contributed by atoms with Crippen LogP contribution >= 0.6 is 12.6 Å². The van der Waals surface area contributed by atoms with Crippen LogP contribution in [-0.2, 0) is 0 Å². The van der Waals surface area contributed by atoms with Gasteiger partial charge in [-0.05, 0) is 49.5 Å². The van der Waals surface area contributed by atoms with Gasteiger partial charge in [0.2, 0.25) is 0 Å². The van der Waals surface area contributed by atoms with Crippen molar-refractivity contribution in [3.05, 3.63) is 0 Å². The van der Waals surface area contributed by atoms with E-state index in [1.54, 1.807) is 0 Å². The summed E-state index contributed by atoms with van der Waals surface area (Å²) < 4.78 is 0. The number of fused-ring (bicyclic) bond motifs is 1. The van der Waals surface area contributed by atoms with E-state index in [0.717, 1.165) is 0 Å². The lowest BCUT2D eigenvalue weighted by atomic mass is 9.49. The van der Waals surface area contributed by atoms with E-state index >= 15 is 0 Å². The number of thiol groups is 1. The Bertz CT molecular complexity index is 306. The fourth-order valence-electron chi connectivity index (χ4n) is 4.03. The first-order chi connectivity index (χ1) is 8.27. The van der Waals surface area contributed by atoms with Crippen LogP contribution in [0.15, 0.2) is 0 Å². The molecule has 104 valence electrons. The highest BCUT2D eigenvalue weighted by Gasteiger charge is 2.49. The Morgan fingerprint density at radius 3 is 2.56 bits per heavy atom. The van der Waals surface area contributed by atoms with Gasteiger partial charge in [-0.25, -0.2) is 0 Å². The molecule has 1 heterocycles. The van der Waals surface area contributed by atoms with E-state index in [0.29, 0.717) is 17.3 Å². The van der Waals surface area contributed by atoms with Crippen LogP contribution in [0, 0.1) is 11.3 Å². The number of hydrogen-bond donors (Lipinski definition) is 2. The molecule has 4 unspecified atom stereocenters. The molecule has 0 spiro atoms. The summed E-state index contributed by atoms with van der Waals surface area (Å²) in [4.78, 5) is 2.48. The standard InChI is InChI=1S/C14H29BN2S/c1-13(2)9-5-4-6-11-10(14(13,15)16)7-8-12(18)17(11)3/h10-12,18H,4-9,15-16H2,1-3H3. The summed E-state index contributed by atoms with van der Waals surface area (Å²) in [6.07, 6.45) is 7.61. The zero-order valence-electron chi connectivity index (χ0n) is 12.4. The Kier molecular flexibility index (Phi) is 4.12. The van der Waals surface area contributed by atoms with Crippen molar-refractivity contribution in [2.75, 3.05) is 7.05 Å². The zero-order chi connectivity index (χ0) is 13.6. The van der Waals surface area contributed by atoms with Gasteiger partial charge in [0.1, 0.15) is 7.85 Å². The van der Waals surface area contributed by atoms with Gasteiger partial charge in [0, 0.05) is 6.04 Å². The van der Waals surface area contributed by atoms with Crippen LogP contribution in [0.25, 0.3) is 0 Å². The zero-order valence-corrected chi connectivity index (χ0v) is 13.3. The first kappa shape index (κ1) is 14.7. The van der Waals surface area contributed by atoms with Crippen molar-refractivity contribution in [3.63, 3.8) is 0 Å². The number of hydrogen-bond acceptors (Lipinski definition) is 3. The molecule has 0 amide bonds. The van der Waals surface area contributed by atoms with Crippen molar-refractivity contribution in [1.82, 2.24) is 4.90 Å². The largest absolute Gasteiger partial charge is 0.332 e. The highest BCUT2D eigenvalue weighted by atomic mass is 32.1. The maximum atomic E-state index is 6.84. The molecule has 18 heavy (non-hydrogen) atoms. The highest BCUT2D eigenvalue weighted by molar-refractivity contribution is 7.80. The minimum Gasteiger partial charge on any atom is -0.332 e. The summed E-state index contributed by atoms with van der Waals surface area (Å²) in [6.45, 7) is 4.73. The molecular weight excluding hydrogens is 239 g/mol. The molecule has 0 aromatic rings. The van der Waals surface area contributed by atoms with Crippen LogP contribution in [0.4, 0.5) is 0 Å². The predicted molar refractivity (Wildman–Crippen MR) is 84.8 cm³/mol. The van der Waals surface area contributed by atoms with E-state index in [1.165, 1.54) is 38.5 Å². The van der Waals surface area contributed by atoms with Crippen molar-refractivity contribution in [2.24, 2.45) is 17.1 Å². The van der Waals surface area contributed by atoms with Gasteiger partial charge in [0.15, 0.2) is 0 Å². The molecular formula is C14H29BN2S. The summed E-state index contributed by atoms with van der Waals surface area (Å²) in [5, 5.41) is 0.421. The second-order valence-corrected chi connectivity index (χ2v) is 7.91. The maximum absolute atomic E-state index is 6.84. The van der Waals surface area contributed by atoms with Gasteiger partial charge in [-0.15, -0.1) is 0 Å². The first-order valence-corrected chi connectivity index (χ1v) is 7.98. The minimum atomic E-state index is -0.0692. The molecule has 0 aromatic heterocycles. The molecule has 4 heteroatoms. The molecule has 2 fully saturated rings. The Hall–Kier alpha value is 0.335. The minimum absolute atomic E-state index is 0.0692. The number of nitrogens with zero attached hydrogens (tertiary/aromatic N) is 1. The molecule has 1 aliphatic carbocycles. The lowest BCUT2D eigenvalue weighted by Gasteiger charge is -2.56. The molecule has 4 atom stereocenters. The third kappa shape index (κ3) is 2.36. The molecule has 2 nitrogen and oxygen atoms in total. The quantitative estimate of drug-likeness (QED) is 0.518. The number of likely N-dealkylation sites (tertiary alicyclic amines) is 1. The van der Waals surface area contributed by atoms with E-state index in [4.69, 9.17) is 18.4 Å². The average molecular weight is 268 g/mol. The maximum Gasteiger partial charge on any atom is 0.128 e. The molecule has 2 rings (SSSR count). The van der Waals surface area contributed by atoms with Gasteiger partial charge in [-0.1, -0.05) is 26.7 Å². The third-order valence-corrected chi connectivity index (χ3v) is 6.60. The Morgan fingerprint density at radius 1 is 1.22 bits per heavy atom. The van der Waals surface area contributed by atoms with E-state index in [1.807, 2.05) is 0 Å². The molecule has 1 saturated heterocycles. The van der Waals surface area contributed by atoms with Crippen LogP contribution in [0.2, 0.25) is 0 Å². The molecule has 1 aliphatic heterocycles. The number of piperidine rings is 1. The third-order valence-electron chi connectivity index (χ3n) is 5.97. The fraction of sp³-hybridized carbons (Fsp3) is 1.00. The van der Waals surface area contributed by atoms with Gasteiger partial charge in [0.05, 0.1) is 5.37 Å². The van der Waals surface area contributed by atoms with E-state index < -0.39 is 0 Å². The van der Waals surface area contributed by atoms with Crippen molar-refractivity contribution < 1.29 is 0 Å². The smallest absolute Gasteiger partial charge is 0.128 e. The second kappa shape index (κ2) is 5.03. The second-order valence-electron chi connectivity index (χ2n) is 7.31. The Morgan fingerprint density at radius 2 is 1.89 bits per heavy atom. The van der Waals surface area contributed by atoms with E-state index in [-0.39, 0.29) is 10.9 Å². The summed E-state index contributed by atoms with van der Waals surface area (Å²) in [6, 6.07) is 0.621. The molecule has 0 bridgehead atoms. The van der Waals surface area contributed by atoms with E-state index in [9.17, 15) is 0 Å². The summed E-state index contributed by atoms with van der Waals surface area (Å²) in [5.41, 5.74) is 7.00. The summed E-state index contributed by atoms with van der Waals surface area (Å²) >= 11 is 4.72. The first-order valence-electron chi connectivity index (χ1n) is 7.46. The van der Waals surface area contributed by atoms with Crippen LogP contribution in [0.1, 0.15) is 52.4 Å². The van der Waals surface area contributed by atoms with Crippen molar-refractivity contribution >= 4 is 20.5 Å². The van der Waals surface area contributed by atoms with Crippen molar-refractivity contribution in [1.29, 1.82) is 0 Å². The predicted octanol–water partition coefficient (Wildman–Crippen LogP) is 1.84. The van der Waals surface area contributed by atoms with E-state index in [2.05, 4.69) is 33.6 Å². The molecule has 2 aliphatic rings. The summed E-state index contributed by atoms with van der Waals surface area (Å²) in [7, 11) is 4.53. The summed E-state index contributed by atoms with van der Waals surface area (Å²) in [5.74, 6) is 0.612. The normalized spacial score (nSPS) is 45.9. The average Bonchev–Trinajstić information content (AvgIpc) is 2.28. The highest BCUT2D eigenvalue weighted by Crippen LogP contribution is 2.46. The SMILES string of the molecule is BC1(N)C2CCC(S)N(C)C2CCCCC1(C)C. The fourth-order valence-corrected chi connectivity index (χ4v) is 4.35. The lowest BCUT2D eigenvalue weighted by molar-refractivity contribution is 0.0177. The van der Waals surface area contributed by atoms with Gasteiger partial charge in [-0.2, -0.15) is 12.6 Å². The number of rotatable bonds is 0. The van der Waals surface area contributed by atoms with Gasteiger partial charge >= 0.3 is 0 Å². The van der Waals surface area contributed by atoms with Crippen LogP contribution in [-0.4, -0.2) is 36.6 Å². The topological polar surface area (TPSA) is 29.3 Å². The molecule has 0 radical (unpaired) electrons. The lowest BCUT2D eigenvalue weighted by Crippen LogP contribution is -2.66. The molecule has 2 N–H and O–H groups in total. The monoisotopic (exact) mass is 268 g/mol. The van der Waals surface area contributed by atoms with Crippen molar-refractivity contribution in [3.8, 4) is 0 Å². The van der Waals surface area contributed by atoms with Crippen molar-refractivity contribution in [2.45, 2.75) is 69.2 Å².